The molecule has 0 aliphatic heterocycles. The first-order valence-electron chi connectivity index (χ1n) is 7.13. The van der Waals surface area contributed by atoms with Crippen LogP contribution in [0.4, 0.5) is 0 Å². The van der Waals surface area contributed by atoms with Gasteiger partial charge in [0.05, 0.1) is 0 Å². The van der Waals surface area contributed by atoms with Crippen LogP contribution in [0.3, 0.4) is 0 Å². The van der Waals surface area contributed by atoms with Gasteiger partial charge in [-0.1, -0.05) is 0 Å². The molecule has 0 atom stereocenters. The largest absolute Gasteiger partial charge is 1.00 e. The van der Waals surface area contributed by atoms with Crippen molar-refractivity contribution < 1.29 is 47.0 Å². The second kappa shape index (κ2) is 9.47. The van der Waals surface area contributed by atoms with Crippen LogP contribution in [-0.4, -0.2) is 12.6 Å². The maximum atomic E-state index is 12.3. The van der Waals surface area contributed by atoms with Crippen molar-refractivity contribution in [1.29, 1.82) is 0 Å². The van der Waals surface area contributed by atoms with Gasteiger partial charge in [0.25, 0.3) is 0 Å². The average Bonchev–Trinajstić information content (AvgIpc) is 2.95. The van der Waals surface area contributed by atoms with Crippen molar-refractivity contribution in [2.45, 2.75) is 52.1 Å². The van der Waals surface area contributed by atoms with Crippen LogP contribution in [0.25, 0.3) is 0 Å². The Morgan fingerprint density at radius 1 is 1.30 bits per heavy atom. The van der Waals surface area contributed by atoms with Crippen LogP contribution in [0, 0.1) is 5.92 Å². The van der Waals surface area contributed by atoms with Gasteiger partial charge in [-0.05, 0) is 0 Å². The number of carbonyl (C=O) groups is 1. The van der Waals surface area contributed by atoms with Gasteiger partial charge in [0.15, 0.2) is 0 Å². The summed E-state index contributed by atoms with van der Waals surface area (Å²) in [5.41, 5.74) is 1.39. The summed E-state index contributed by atoms with van der Waals surface area (Å²) in [7, 11) is 0. The molecule has 0 saturated heterocycles. The molecule has 20 heavy (non-hydrogen) atoms. The maximum Gasteiger partial charge on any atom is -1.00 e. The standard InChI is InChI=1S/C6H11NO.C6H7.C2H7Si.2ClH.Ti/c7-6(8)5-3-1-2-4-5;1-6-4-2-3-5-6;1-3-2;;;/h5H,1-4H2,(H2,7,8);4-5H,2H2,1H3;3H,1-2H3;2*1H;/q;;;;;+3/p-3. The molecule has 1 fully saturated rings. The third-order valence-electron chi connectivity index (χ3n) is 3.95. The van der Waals surface area contributed by atoms with Gasteiger partial charge in [0.2, 0.25) is 0 Å². The first-order chi connectivity index (χ1) is 8.58. The number of carbonyl (C=O) groups excluding carboxylic acids is 1. The van der Waals surface area contributed by atoms with Gasteiger partial charge in [-0.25, -0.2) is 0 Å². The van der Waals surface area contributed by atoms with Gasteiger partial charge in [-0.2, -0.15) is 0 Å². The van der Waals surface area contributed by atoms with E-state index in [-0.39, 0.29) is 24.8 Å². The molecule has 1 saturated carbocycles. The summed E-state index contributed by atoms with van der Waals surface area (Å²) in [6.07, 6.45) is 10.5. The van der Waals surface area contributed by atoms with Crippen molar-refractivity contribution >= 4 is 12.6 Å². The molecule has 0 spiro atoms. The quantitative estimate of drug-likeness (QED) is 0.528. The van der Waals surface area contributed by atoms with Crippen LogP contribution >= 0.6 is 0 Å². The Balaban J connectivity index is 0.00000180. The average molecular weight is 369 g/mol. The van der Waals surface area contributed by atoms with E-state index in [0.717, 1.165) is 19.3 Å². The summed E-state index contributed by atoms with van der Waals surface area (Å²) in [5, 5.41) is 0. The zero-order valence-corrected chi connectivity index (χ0v) is 16.7. The smallest absolute Gasteiger partial charge is 1.00 e. The summed E-state index contributed by atoms with van der Waals surface area (Å²) in [6.45, 7) is 6.24. The molecule has 0 aromatic rings. The van der Waals surface area contributed by atoms with Crippen molar-refractivity contribution in [3.8, 4) is 0 Å². The van der Waals surface area contributed by atoms with Crippen LogP contribution < -0.4 is 28.6 Å². The van der Waals surface area contributed by atoms with Crippen molar-refractivity contribution in [3.63, 3.8) is 0 Å². The predicted molar refractivity (Wildman–Crippen MR) is 75.4 cm³/mol. The van der Waals surface area contributed by atoms with Crippen LogP contribution in [0.2, 0.25) is 13.1 Å². The van der Waals surface area contributed by atoms with Gasteiger partial charge in [0.1, 0.15) is 0 Å². The summed E-state index contributed by atoms with van der Waals surface area (Å²) in [4.78, 5) is 12.3. The molecule has 1 N–H and O–H groups in total. The molecule has 0 unspecified atom stereocenters. The van der Waals surface area contributed by atoms with E-state index in [9.17, 15) is 4.79 Å². The Morgan fingerprint density at radius 3 is 2.35 bits per heavy atom. The minimum Gasteiger partial charge on any atom is -1.00 e. The van der Waals surface area contributed by atoms with Crippen LogP contribution in [0.5, 0.6) is 0 Å². The van der Waals surface area contributed by atoms with Gasteiger partial charge in [-0.15, -0.1) is 0 Å². The number of halogens is 2. The predicted octanol–water partition coefficient (Wildman–Crippen LogP) is -2.95. The fraction of sp³-hybridized carbons (Fsp3) is 0.643. The van der Waals surface area contributed by atoms with E-state index in [4.69, 9.17) is 0 Å². The van der Waals surface area contributed by atoms with Crippen molar-refractivity contribution in [2.24, 2.45) is 5.92 Å². The molecule has 0 aromatic carbocycles. The van der Waals surface area contributed by atoms with E-state index in [1.807, 2.05) is 0 Å². The molecule has 0 aromatic heterocycles. The summed E-state index contributed by atoms with van der Waals surface area (Å²) in [6, 6.07) is 0. The molecule has 2 nitrogen and oxygen atoms in total. The van der Waals surface area contributed by atoms with Crippen LogP contribution in [0.15, 0.2) is 21.6 Å². The minimum atomic E-state index is -1.47. The fourth-order valence-electron chi connectivity index (χ4n) is 2.87. The number of amides is 1. The Kier molecular flexibility index (Phi) is 9.69. The number of nitrogens with one attached hydrogen (secondary N) is 1. The zero-order chi connectivity index (χ0) is 13.1. The molecule has 6 heteroatoms. The molecule has 2 rings (SSSR count). The Hall–Kier alpha value is 0.461. The van der Waals surface area contributed by atoms with E-state index >= 15 is 0 Å². The van der Waals surface area contributed by atoms with E-state index in [1.54, 1.807) is 3.88 Å². The Morgan fingerprint density at radius 2 is 1.90 bits per heavy atom. The number of rotatable bonds is 4. The van der Waals surface area contributed by atoms with Crippen LogP contribution in [0.1, 0.15) is 39.0 Å². The summed E-state index contributed by atoms with van der Waals surface area (Å²) < 4.78 is 5.11. The summed E-state index contributed by atoms with van der Waals surface area (Å²) >= 11 is -1.47. The molecule has 1 amide bonds. The molecule has 0 radical (unpaired) electrons. The van der Waals surface area contributed by atoms with Crippen molar-refractivity contribution in [3.05, 3.63) is 21.6 Å². The number of hydrogen-bond donors (Lipinski definition) is 1. The molecular weight excluding hydrogens is 345 g/mol. The normalized spacial score (nSPS) is 18.0. The first kappa shape index (κ1) is 20.5. The van der Waals surface area contributed by atoms with Gasteiger partial charge < -0.3 is 24.8 Å². The minimum absolute atomic E-state index is 0. The van der Waals surface area contributed by atoms with Gasteiger partial charge >= 0.3 is 118 Å². The Labute approximate surface area is 142 Å². The van der Waals surface area contributed by atoms with E-state index in [1.165, 1.54) is 18.4 Å². The monoisotopic (exact) mass is 368 g/mol. The molecule has 0 heterocycles. The molecular formula is C14H24Cl2NOSiTi. The summed E-state index contributed by atoms with van der Waals surface area (Å²) in [5.74, 6) is 0.713. The Bertz CT molecular complexity index is 393. The van der Waals surface area contributed by atoms with Crippen molar-refractivity contribution in [1.82, 2.24) is 3.80 Å². The zero-order valence-electron chi connectivity index (χ0n) is 12.5. The molecule has 0 bridgehead atoms. The van der Waals surface area contributed by atoms with Crippen LogP contribution in [-0.2, 0) is 22.2 Å². The second-order valence-electron chi connectivity index (χ2n) is 5.86. The second-order valence-corrected chi connectivity index (χ2v) is 18.6. The fourth-order valence-corrected chi connectivity index (χ4v) is 12.2. The van der Waals surface area contributed by atoms with E-state index in [0.29, 0.717) is 11.8 Å². The third kappa shape index (κ3) is 5.34. The topological polar surface area (TPSA) is 29.1 Å². The van der Waals surface area contributed by atoms with Crippen molar-refractivity contribution in [2.75, 3.05) is 0 Å². The third-order valence-corrected chi connectivity index (χ3v) is 15.1. The first-order valence-corrected chi connectivity index (χ1v) is 14.3. The van der Waals surface area contributed by atoms with Gasteiger partial charge in [0, 0.05) is 0 Å². The van der Waals surface area contributed by atoms with E-state index < -0.39 is 24.0 Å². The number of allylic oxidation sites excluding steroid dienone is 4. The molecule has 2 aliphatic carbocycles. The molecule has 2 aliphatic rings. The van der Waals surface area contributed by atoms with Gasteiger partial charge in [-0.3, -0.25) is 0 Å². The maximum absolute atomic E-state index is 12.3. The number of hydrogen-bond acceptors (Lipinski definition) is 1. The molecule has 113 valence electrons. The SMILES string of the molecule is CC1=CC[C]([Ti+2]([NH]C(=O)C2CCCC2)[SiH](C)C)=C1.[Cl-].[Cl-]. The van der Waals surface area contributed by atoms with E-state index in [2.05, 4.69) is 36.0 Å².